The normalized spacial score (nSPS) is 13.9. The number of rotatable bonds is 5. The Kier molecular flexibility index (Phi) is 5.26. The van der Waals surface area contributed by atoms with E-state index in [1.807, 2.05) is 0 Å². The van der Waals surface area contributed by atoms with E-state index < -0.39 is 5.97 Å². The van der Waals surface area contributed by atoms with Crippen LogP contribution < -0.4 is 10.1 Å². The predicted octanol–water partition coefficient (Wildman–Crippen LogP) is 0.953. The minimum atomic E-state index is -0.581. The number of esters is 1. The van der Waals surface area contributed by atoms with Crippen LogP contribution in [0.2, 0.25) is 0 Å². The fraction of sp³-hybridized carbons (Fsp3) is 0.357. The highest BCUT2D eigenvalue weighted by Gasteiger charge is 2.23. The molecule has 1 aliphatic heterocycles. The van der Waals surface area contributed by atoms with Crippen molar-refractivity contribution in [1.82, 2.24) is 4.90 Å². The molecule has 1 aliphatic rings. The molecule has 2 rings (SSSR count). The number of nitrogens with one attached hydrogen (secondary N) is 1. The van der Waals surface area contributed by atoms with E-state index in [2.05, 4.69) is 5.32 Å². The minimum Gasteiger partial charge on any atom is -0.497 e. The number of hydrogen-bond donors (Lipinski definition) is 1. The van der Waals surface area contributed by atoms with Crippen molar-refractivity contribution in [3.63, 3.8) is 0 Å². The fourth-order valence-electron chi connectivity index (χ4n) is 1.94. The number of ether oxygens (including phenoxy) is 2. The minimum absolute atomic E-state index is 0.0432. The van der Waals surface area contributed by atoms with E-state index in [0.29, 0.717) is 23.1 Å². The molecule has 0 atom stereocenters. The van der Waals surface area contributed by atoms with Gasteiger partial charge in [0.25, 0.3) is 0 Å². The van der Waals surface area contributed by atoms with Crippen LogP contribution in [-0.2, 0) is 14.3 Å². The second kappa shape index (κ2) is 7.17. The highest BCUT2D eigenvalue weighted by atomic mass is 32.2. The summed E-state index contributed by atoms with van der Waals surface area (Å²) in [5.74, 6) is 0.350. The van der Waals surface area contributed by atoms with Crippen LogP contribution in [0.3, 0.4) is 0 Å². The van der Waals surface area contributed by atoms with Gasteiger partial charge in [-0.3, -0.25) is 9.59 Å². The van der Waals surface area contributed by atoms with Gasteiger partial charge in [0.05, 0.1) is 37.1 Å². The molecule has 0 spiro atoms. The van der Waals surface area contributed by atoms with Crippen molar-refractivity contribution in [2.75, 3.05) is 37.7 Å². The molecule has 22 heavy (non-hydrogen) atoms. The molecule has 0 saturated carbocycles. The number of anilines is 1. The van der Waals surface area contributed by atoms with Crippen LogP contribution in [0.5, 0.6) is 5.75 Å². The smallest absolute Gasteiger partial charge is 0.340 e. The summed E-state index contributed by atoms with van der Waals surface area (Å²) in [7, 11) is 2.73. The number of hydrogen-bond acceptors (Lipinski definition) is 6. The van der Waals surface area contributed by atoms with Crippen molar-refractivity contribution in [3.8, 4) is 5.75 Å². The second-order valence-corrected chi connectivity index (χ2v) is 5.48. The molecule has 0 unspecified atom stereocenters. The highest BCUT2D eigenvalue weighted by Crippen LogP contribution is 2.23. The number of thioether (sulfide) groups is 1. The van der Waals surface area contributed by atoms with Gasteiger partial charge in [0, 0.05) is 0 Å². The van der Waals surface area contributed by atoms with Crippen molar-refractivity contribution in [3.05, 3.63) is 23.8 Å². The molecular weight excluding hydrogens is 308 g/mol. The number of benzene rings is 1. The monoisotopic (exact) mass is 324 g/mol. The van der Waals surface area contributed by atoms with E-state index in [9.17, 15) is 14.4 Å². The molecule has 1 fully saturated rings. The molecule has 0 radical (unpaired) electrons. The Morgan fingerprint density at radius 1 is 1.36 bits per heavy atom. The van der Waals surface area contributed by atoms with E-state index in [0.717, 1.165) is 0 Å². The Labute approximate surface area is 131 Å². The van der Waals surface area contributed by atoms with Crippen LogP contribution in [0.4, 0.5) is 5.69 Å². The van der Waals surface area contributed by atoms with Crippen LogP contribution in [0.1, 0.15) is 10.4 Å². The number of methoxy groups -OCH3 is 2. The highest BCUT2D eigenvalue weighted by molar-refractivity contribution is 8.00. The summed E-state index contributed by atoms with van der Waals surface area (Å²) in [5.41, 5.74) is 0.509. The van der Waals surface area contributed by atoms with Crippen molar-refractivity contribution < 1.29 is 23.9 Å². The second-order valence-electron chi connectivity index (χ2n) is 4.52. The summed E-state index contributed by atoms with van der Waals surface area (Å²) < 4.78 is 9.75. The first kappa shape index (κ1) is 16.2. The van der Waals surface area contributed by atoms with Crippen LogP contribution in [0.15, 0.2) is 18.2 Å². The van der Waals surface area contributed by atoms with E-state index in [1.165, 1.54) is 36.9 Å². The standard InChI is InChI=1S/C14H16N2O5S/c1-20-9-3-4-11(10(5-9)14(19)21-2)15-12(17)6-16-8-22-7-13(16)18/h3-5H,6-8H2,1-2H3,(H,15,17). The van der Waals surface area contributed by atoms with E-state index in [-0.39, 0.29) is 23.9 Å². The lowest BCUT2D eigenvalue weighted by molar-refractivity contribution is -0.130. The van der Waals surface area contributed by atoms with Crippen LogP contribution in [-0.4, -0.2) is 55.1 Å². The Hall–Kier alpha value is -2.22. The molecule has 1 aromatic carbocycles. The Morgan fingerprint density at radius 2 is 2.14 bits per heavy atom. The zero-order valence-electron chi connectivity index (χ0n) is 12.3. The van der Waals surface area contributed by atoms with Crippen molar-refractivity contribution in [2.24, 2.45) is 0 Å². The first-order valence-electron chi connectivity index (χ1n) is 6.47. The van der Waals surface area contributed by atoms with Gasteiger partial charge < -0.3 is 19.7 Å². The average Bonchev–Trinajstić information content (AvgIpc) is 2.92. The Balaban J connectivity index is 2.12. The van der Waals surface area contributed by atoms with Crippen LogP contribution in [0.25, 0.3) is 0 Å². The van der Waals surface area contributed by atoms with E-state index in [4.69, 9.17) is 9.47 Å². The fourth-order valence-corrected chi connectivity index (χ4v) is 2.85. The van der Waals surface area contributed by atoms with Crippen LogP contribution >= 0.6 is 11.8 Å². The zero-order valence-corrected chi connectivity index (χ0v) is 13.1. The Bertz CT molecular complexity index is 605. The maximum absolute atomic E-state index is 12.0. The molecule has 1 heterocycles. The molecule has 1 N–H and O–H groups in total. The summed E-state index contributed by atoms with van der Waals surface area (Å²) in [4.78, 5) is 36.8. The topological polar surface area (TPSA) is 84.9 Å². The van der Waals surface area contributed by atoms with Gasteiger partial charge in [-0.2, -0.15) is 0 Å². The van der Waals surface area contributed by atoms with Gasteiger partial charge in [0.1, 0.15) is 12.3 Å². The summed E-state index contributed by atoms with van der Waals surface area (Å²) >= 11 is 1.46. The van der Waals surface area contributed by atoms with Gasteiger partial charge in [-0.15, -0.1) is 11.8 Å². The summed E-state index contributed by atoms with van der Waals surface area (Å²) in [5, 5.41) is 2.63. The molecule has 0 aliphatic carbocycles. The van der Waals surface area contributed by atoms with Crippen LogP contribution in [0, 0.1) is 0 Å². The first-order chi connectivity index (χ1) is 10.5. The van der Waals surface area contributed by atoms with E-state index >= 15 is 0 Å². The number of carbonyl (C=O) groups is 3. The SMILES string of the molecule is COC(=O)c1cc(OC)ccc1NC(=O)CN1CSCC1=O. The molecular formula is C14H16N2O5S. The van der Waals surface area contributed by atoms with Gasteiger partial charge in [-0.05, 0) is 18.2 Å². The van der Waals surface area contributed by atoms with Gasteiger partial charge in [-0.1, -0.05) is 0 Å². The summed E-state index contributed by atoms with van der Waals surface area (Å²) in [6.07, 6.45) is 0. The molecule has 2 amide bonds. The van der Waals surface area contributed by atoms with Gasteiger partial charge in [-0.25, -0.2) is 4.79 Å². The molecule has 1 aromatic rings. The lowest BCUT2D eigenvalue weighted by Crippen LogP contribution is -2.34. The molecule has 0 bridgehead atoms. The summed E-state index contributed by atoms with van der Waals surface area (Å²) in [6.45, 7) is -0.0432. The maximum Gasteiger partial charge on any atom is 0.340 e. The van der Waals surface area contributed by atoms with Crippen molar-refractivity contribution in [2.45, 2.75) is 0 Å². The lowest BCUT2D eigenvalue weighted by Gasteiger charge is -2.15. The number of nitrogens with zero attached hydrogens (tertiary/aromatic N) is 1. The molecule has 8 heteroatoms. The molecule has 118 valence electrons. The molecule has 1 saturated heterocycles. The third kappa shape index (κ3) is 3.70. The van der Waals surface area contributed by atoms with E-state index in [1.54, 1.807) is 12.1 Å². The number of carbonyl (C=O) groups excluding carboxylic acids is 3. The quantitative estimate of drug-likeness (QED) is 0.812. The van der Waals surface area contributed by atoms with Gasteiger partial charge >= 0.3 is 5.97 Å². The Morgan fingerprint density at radius 3 is 2.73 bits per heavy atom. The zero-order chi connectivity index (χ0) is 16.1. The van der Waals surface area contributed by atoms with Gasteiger partial charge in [0.2, 0.25) is 11.8 Å². The molecule has 0 aromatic heterocycles. The largest absolute Gasteiger partial charge is 0.497 e. The molecule has 7 nitrogen and oxygen atoms in total. The first-order valence-corrected chi connectivity index (χ1v) is 7.62. The van der Waals surface area contributed by atoms with Crippen molar-refractivity contribution >= 4 is 35.2 Å². The lowest BCUT2D eigenvalue weighted by atomic mass is 10.1. The van der Waals surface area contributed by atoms with Crippen molar-refractivity contribution in [1.29, 1.82) is 0 Å². The predicted molar refractivity (Wildman–Crippen MR) is 82.0 cm³/mol. The maximum atomic E-state index is 12.0. The van der Waals surface area contributed by atoms with Gasteiger partial charge in [0.15, 0.2) is 0 Å². The third-order valence-corrected chi connectivity index (χ3v) is 4.01. The number of amides is 2. The summed E-state index contributed by atoms with van der Waals surface area (Å²) in [6, 6.07) is 4.67. The third-order valence-electron chi connectivity index (χ3n) is 3.07. The average molecular weight is 324 g/mol.